The van der Waals surface area contributed by atoms with Crippen LogP contribution in [-0.4, -0.2) is 43.3 Å². The van der Waals surface area contributed by atoms with Gasteiger partial charge in [0.1, 0.15) is 17.6 Å². The third kappa shape index (κ3) is 4.44. The average molecular weight is 476 g/mol. The molecule has 2 heterocycles. The summed E-state index contributed by atoms with van der Waals surface area (Å²) < 4.78 is 16.7. The molecule has 0 amide bonds. The second-order valence-electron chi connectivity index (χ2n) is 9.25. The molecule has 1 aliphatic carbocycles. The van der Waals surface area contributed by atoms with E-state index in [2.05, 4.69) is 5.32 Å². The topological polar surface area (TPSA) is 94.1 Å². The Hall–Kier alpha value is -3.58. The van der Waals surface area contributed by atoms with Crippen molar-refractivity contribution >= 4 is 11.8 Å². The number of hydrogen-bond donors (Lipinski definition) is 2. The Bertz CT molecular complexity index is 1220. The number of carbonyl (C=O) groups is 2. The van der Waals surface area contributed by atoms with Crippen LogP contribution in [0.5, 0.6) is 11.5 Å². The molecule has 7 nitrogen and oxygen atoms in total. The number of phenols is 1. The van der Waals surface area contributed by atoms with Gasteiger partial charge in [-0.3, -0.25) is 4.79 Å². The van der Waals surface area contributed by atoms with Crippen LogP contribution in [0.2, 0.25) is 0 Å². The molecule has 0 aromatic heterocycles. The molecule has 0 bridgehead atoms. The van der Waals surface area contributed by atoms with E-state index in [1.54, 1.807) is 25.3 Å². The summed E-state index contributed by atoms with van der Waals surface area (Å²) in [5.74, 6) is -0.348. The minimum Gasteiger partial charge on any atom is -0.508 e. The van der Waals surface area contributed by atoms with Crippen LogP contribution in [0.1, 0.15) is 49.1 Å². The number of ketones is 1. The van der Waals surface area contributed by atoms with Crippen molar-refractivity contribution in [3.8, 4) is 11.5 Å². The van der Waals surface area contributed by atoms with Gasteiger partial charge < -0.3 is 24.6 Å². The zero-order valence-corrected chi connectivity index (χ0v) is 19.9. The van der Waals surface area contributed by atoms with Gasteiger partial charge in [0, 0.05) is 41.6 Å². The van der Waals surface area contributed by atoms with E-state index in [0.29, 0.717) is 54.9 Å². The number of Topliss-reactive ketones (excluding diaryl/α,β-unsaturated/α-hetero) is 1. The average Bonchev–Trinajstić information content (AvgIpc) is 3.36. The number of allylic oxidation sites excluding steroid dienone is 3. The number of carbonyl (C=O) groups excluding carboxylic acids is 2. The van der Waals surface area contributed by atoms with E-state index in [1.165, 1.54) is 0 Å². The Balaban J connectivity index is 1.55. The fourth-order valence-corrected chi connectivity index (χ4v) is 5.39. The molecular weight excluding hydrogens is 446 g/mol. The molecule has 2 N–H and O–H groups in total. The lowest BCUT2D eigenvalue weighted by Crippen LogP contribution is -2.36. The van der Waals surface area contributed by atoms with Crippen LogP contribution in [-0.2, 0) is 19.1 Å². The van der Waals surface area contributed by atoms with Crippen LogP contribution in [0.25, 0.3) is 0 Å². The molecule has 0 radical (unpaired) electrons. The number of dihydropyridines is 1. The molecule has 1 fully saturated rings. The summed E-state index contributed by atoms with van der Waals surface area (Å²) in [6.45, 7) is 2.76. The van der Waals surface area contributed by atoms with Gasteiger partial charge in [-0.05, 0) is 42.7 Å². The number of benzene rings is 2. The maximum absolute atomic E-state index is 13.7. The smallest absolute Gasteiger partial charge is 0.337 e. The number of methoxy groups -OCH3 is 1. The van der Waals surface area contributed by atoms with Crippen molar-refractivity contribution in [3.63, 3.8) is 0 Å². The Morgan fingerprint density at radius 3 is 2.71 bits per heavy atom. The molecule has 35 heavy (non-hydrogen) atoms. The maximum atomic E-state index is 13.7. The summed E-state index contributed by atoms with van der Waals surface area (Å²) in [4.78, 5) is 27.1. The van der Waals surface area contributed by atoms with Crippen LogP contribution in [0.4, 0.5) is 0 Å². The van der Waals surface area contributed by atoms with Gasteiger partial charge in [0.15, 0.2) is 5.78 Å². The van der Waals surface area contributed by atoms with Crippen molar-refractivity contribution in [1.82, 2.24) is 5.32 Å². The minimum absolute atomic E-state index is 0.0370. The Labute approximate surface area is 204 Å². The SMILES string of the molecule is COc1ccccc1[C@H]1CC(=O)C2=C(C1)NC(C)=C(C(=O)OC1CCOC1)[C@H]2c1cccc(O)c1. The summed E-state index contributed by atoms with van der Waals surface area (Å²) in [6, 6.07) is 14.5. The number of ether oxygens (including phenoxy) is 3. The van der Waals surface area contributed by atoms with Crippen molar-refractivity contribution in [2.24, 2.45) is 0 Å². The van der Waals surface area contributed by atoms with E-state index in [0.717, 1.165) is 17.0 Å². The number of esters is 1. The third-order valence-corrected chi connectivity index (χ3v) is 6.99. The summed E-state index contributed by atoms with van der Waals surface area (Å²) in [5.41, 5.74) is 4.06. The molecule has 1 saturated heterocycles. The van der Waals surface area contributed by atoms with Gasteiger partial charge in [0.25, 0.3) is 0 Å². The van der Waals surface area contributed by atoms with Gasteiger partial charge >= 0.3 is 5.97 Å². The van der Waals surface area contributed by atoms with Crippen LogP contribution in [0.3, 0.4) is 0 Å². The van der Waals surface area contributed by atoms with Gasteiger partial charge in [-0.1, -0.05) is 30.3 Å². The van der Waals surface area contributed by atoms with Crippen LogP contribution >= 0.6 is 0 Å². The van der Waals surface area contributed by atoms with E-state index >= 15 is 0 Å². The standard InChI is InChI=1S/C28H29NO6/c1-16-25(28(32)35-20-10-11-34-15-20)26(17-6-5-7-19(30)12-17)27-22(29-16)13-18(14-23(27)31)21-8-3-4-9-24(21)33-2/h3-9,12,18,20,26,29-30H,10-11,13-15H2,1-2H3/t18-,20?,26-/m1/s1. The molecular formula is C28H29NO6. The highest BCUT2D eigenvalue weighted by molar-refractivity contribution is 6.04. The normalized spacial score (nSPS) is 24.2. The van der Waals surface area contributed by atoms with Gasteiger partial charge in [-0.15, -0.1) is 0 Å². The zero-order chi connectivity index (χ0) is 24.5. The number of para-hydroxylation sites is 1. The number of hydrogen-bond acceptors (Lipinski definition) is 7. The first-order valence-electron chi connectivity index (χ1n) is 11.9. The molecule has 0 spiro atoms. The second kappa shape index (κ2) is 9.58. The first kappa shape index (κ1) is 23.2. The van der Waals surface area contributed by atoms with Crippen molar-refractivity contribution in [2.45, 2.75) is 44.1 Å². The summed E-state index contributed by atoms with van der Waals surface area (Å²) in [7, 11) is 1.63. The lowest BCUT2D eigenvalue weighted by molar-refractivity contribution is -0.144. The van der Waals surface area contributed by atoms with Crippen LogP contribution < -0.4 is 10.1 Å². The predicted molar refractivity (Wildman–Crippen MR) is 129 cm³/mol. The molecule has 0 saturated carbocycles. The first-order valence-corrected chi connectivity index (χ1v) is 11.9. The van der Waals surface area contributed by atoms with E-state index < -0.39 is 11.9 Å². The zero-order valence-electron chi connectivity index (χ0n) is 19.9. The molecule has 2 aromatic carbocycles. The third-order valence-electron chi connectivity index (χ3n) is 6.99. The van der Waals surface area contributed by atoms with E-state index in [-0.39, 0.29) is 23.6 Å². The van der Waals surface area contributed by atoms with Gasteiger partial charge in [0.05, 0.1) is 25.9 Å². The number of rotatable bonds is 5. The van der Waals surface area contributed by atoms with Gasteiger partial charge in [0.2, 0.25) is 0 Å². The maximum Gasteiger partial charge on any atom is 0.337 e. The highest BCUT2D eigenvalue weighted by atomic mass is 16.6. The van der Waals surface area contributed by atoms with Gasteiger partial charge in [-0.2, -0.15) is 0 Å². The lowest BCUT2D eigenvalue weighted by atomic mass is 9.71. The molecule has 3 aliphatic rings. The number of aromatic hydroxyl groups is 1. The molecule has 3 atom stereocenters. The highest BCUT2D eigenvalue weighted by Crippen LogP contribution is 2.47. The fourth-order valence-electron chi connectivity index (χ4n) is 5.39. The summed E-state index contributed by atoms with van der Waals surface area (Å²) >= 11 is 0. The number of phenolic OH excluding ortho intramolecular Hbond substituents is 1. The Morgan fingerprint density at radius 1 is 1.14 bits per heavy atom. The summed E-state index contributed by atoms with van der Waals surface area (Å²) in [5, 5.41) is 13.6. The van der Waals surface area contributed by atoms with E-state index in [1.807, 2.05) is 37.3 Å². The van der Waals surface area contributed by atoms with E-state index in [9.17, 15) is 14.7 Å². The lowest BCUT2D eigenvalue weighted by Gasteiger charge is -2.37. The fraction of sp³-hybridized carbons (Fsp3) is 0.357. The molecule has 5 rings (SSSR count). The van der Waals surface area contributed by atoms with E-state index in [4.69, 9.17) is 14.2 Å². The number of nitrogens with one attached hydrogen (secondary N) is 1. The van der Waals surface area contributed by atoms with Crippen LogP contribution in [0.15, 0.2) is 71.1 Å². The van der Waals surface area contributed by atoms with Crippen molar-refractivity contribution in [3.05, 3.63) is 82.2 Å². The summed E-state index contributed by atoms with van der Waals surface area (Å²) in [6.07, 6.45) is 1.25. The van der Waals surface area contributed by atoms with Crippen molar-refractivity contribution in [1.29, 1.82) is 0 Å². The second-order valence-corrected chi connectivity index (χ2v) is 9.25. The molecule has 7 heteroatoms. The monoisotopic (exact) mass is 475 g/mol. The minimum atomic E-state index is -0.626. The van der Waals surface area contributed by atoms with Crippen molar-refractivity contribution < 1.29 is 28.9 Å². The molecule has 2 aromatic rings. The van der Waals surface area contributed by atoms with Crippen LogP contribution in [0, 0.1) is 0 Å². The Morgan fingerprint density at radius 2 is 1.97 bits per heavy atom. The first-order chi connectivity index (χ1) is 17.0. The predicted octanol–water partition coefficient (Wildman–Crippen LogP) is 4.09. The van der Waals surface area contributed by atoms with Gasteiger partial charge in [-0.25, -0.2) is 4.79 Å². The Kier molecular flexibility index (Phi) is 6.34. The molecule has 182 valence electrons. The highest BCUT2D eigenvalue weighted by Gasteiger charge is 2.42. The molecule has 1 unspecified atom stereocenters. The van der Waals surface area contributed by atoms with Crippen molar-refractivity contribution in [2.75, 3.05) is 20.3 Å². The molecule has 2 aliphatic heterocycles. The largest absolute Gasteiger partial charge is 0.508 e. The quantitative estimate of drug-likeness (QED) is 0.629.